The van der Waals surface area contributed by atoms with Crippen LogP contribution in [0.25, 0.3) is 0 Å². The van der Waals surface area contributed by atoms with E-state index in [-0.39, 0.29) is 17.5 Å². The number of rotatable bonds is 2. The van der Waals surface area contributed by atoms with Gasteiger partial charge in [-0.25, -0.2) is 4.39 Å². The lowest BCUT2D eigenvalue weighted by molar-refractivity contribution is 0.0920. The molecular formula is C13H16FIN2O. The summed E-state index contributed by atoms with van der Waals surface area (Å²) in [5.74, 6) is -0.766. The number of piperidine rings is 1. The molecule has 0 radical (unpaired) electrons. The predicted molar refractivity (Wildman–Crippen MR) is 77.1 cm³/mol. The number of carbonyl (C=O) groups excluding carboxylic acids is 1. The zero-order chi connectivity index (χ0) is 13.1. The first-order chi connectivity index (χ1) is 8.58. The van der Waals surface area contributed by atoms with Gasteiger partial charge in [0.2, 0.25) is 0 Å². The highest BCUT2D eigenvalue weighted by molar-refractivity contribution is 14.1. The molecule has 0 bridgehead atoms. The summed E-state index contributed by atoms with van der Waals surface area (Å²) < 4.78 is 14.3. The van der Waals surface area contributed by atoms with E-state index in [1.165, 1.54) is 6.07 Å². The SMILES string of the molecule is CC1CC(NC(=O)c2c(F)cccc2I)CCN1. The van der Waals surface area contributed by atoms with Gasteiger partial charge in [0.1, 0.15) is 5.82 Å². The lowest BCUT2D eigenvalue weighted by Gasteiger charge is -2.28. The normalized spacial score (nSPS) is 23.7. The highest BCUT2D eigenvalue weighted by Gasteiger charge is 2.22. The number of hydrogen-bond acceptors (Lipinski definition) is 2. The maximum absolute atomic E-state index is 13.7. The lowest BCUT2D eigenvalue weighted by atomic mass is 10.0. The van der Waals surface area contributed by atoms with Crippen molar-refractivity contribution >= 4 is 28.5 Å². The van der Waals surface area contributed by atoms with Gasteiger partial charge in [0.05, 0.1) is 5.56 Å². The monoisotopic (exact) mass is 362 g/mol. The first kappa shape index (κ1) is 13.7. The molecule has 1 aromatic rings. The molecule has 2 atom stereocenters. The second-order valence-electron chi connectivity index (χ2n) is 4.65. The van der Waals surface area contributed by atoms with E-state index in [0.717, 1.165) is 19.4 Å². The molecule has 2 unspecified atom stereocenters. The van der Waals surface area contributed by atoms with Gasteiger partial charge in [0.15, 0.2) is 0 Å². The van der Waals surface area contributed by atoms with Crippen LogP contribution in [0.15, 0.2) is 18.2 Å². The third kappa shape index (κ3) is 3.20. The van der Waals surface area contributed by atoms with Crippen molar-refractivity contribution in [3.8, 4) is 0 Å². The Labute approximate surface area is 120 Å². The van der Waals surface area contributed by atoms with Gasteiger partial charge in [-0.3, -0.25) is 4.79 Å². The largest absolute Gasteiger partial charge is 0.349 e. The van der Waals surface area contributed by atoms with Crippen molar-refractivity contribution in [2.75, 3.05) is 6.54 Å². The van der Waals surface area contributed by atoms with E-state index in [9.17, 15) is 9.18 Å². The van der Waals surface area contributed by atoms with Crippen LogP contribution >= 0.6 is 22.6 Å². The van der Waals surface area contributed by atoms with Crippen LogP contribution in [-0.2, 0) is 0 Å². The Balaban J connectivity index is 2.07. The molecule has 0 spiro atoms. The second kappa shape index (κ2) is 5.97. The zero-order valence-corrected chi connectivity index (χ0v) is 12.3. The molecule has 1 amide bonds. The fourth-order valence-electron chi connectivity index (χ4n) is 2.24. The Kier molecular flexibility index (Phi) is 4.55. The predicted octanol–water partition coefficient (Wildman–Crippen LogP) is 2.30. The number of halogens is 2. The van der Waals surface area contributed by atoms with Crippen molar-refractivity contribution in [3.05, 3.63) is 33.1 Å². The number of benzene rings is 1. The van der Waals surface area contributed by atoms with Gasteiger partial charge < -0.3 is 10.6 Å². The summed E-state index contributed by atoms with van der Waals surface area (Å²) >= 11 is 1.99. The molecule has 2 N–H and O–H groups in total. The third-order valence-electron chi connectivity index (χ3n) is 3.15. The summed E-state index contributed by atoms with van der Waals surface area (Å²) in [6, 6.07) is 5.19. The first-order valence-corrected chi connectivity index (χ1v) is 7.14. The highest BCUT2D eigenvalue weighted by Crippen LogP contribution is 2.17. The molecule has 18 heavy (non-hydrogen) atoms. The third-order valence-corrected chi connectivity index (χ3v) is 4.05. The van der Waals surface area contributed by atoms with Crippen LogP contribution < -0.4 is 10.6 Å². The van der Waals surface area contributed by atoms with Crippen LogP contribution in [0, 0.1) is 9.39 Å². The molecule has 2 rings (SSSR count). The van der Waals surface area contributed by atoms with Gasteiger partial charge >= 0.3 is 0 Å². The van der Waals surface area contributed by atoms with Gasteiger partial charge in [-0.15, -0.1) is 0 Å². The molecule has 98 valence electrons. The van der Waals surface area contributed by atoms with E-state index in [1.807, 2.05) is 22.6 Å². The molecule has 1 aliphatic heterocycles. The Morgan fingerprint density at radius 2 is 2.33 bits per heavy atom. The Morgan fingerprint density at radius 1 is 1.56 bits per heavy atom. The number of carbonyl (C=O) groups is 1. The van der Waals surface area contributed by atoms with Gasteiger partial charge in [-0.05, 0) is 61.0 Å². The van der Waals surface area contributed by atoms with Crippen LogP contribution in [-0.4, -0.2) is 24.5 Å². The van der Waals surface area contributed by atoms with Gasteiger partial charge in [-0.1, -0.05) is 6.07 Å². The fraction of sp³-hybridized carbons (Fsp3) is 0.462. The summed E-state index contributed by atoms with van der Waals surface area (Å²) in [4.78, 5) is 12.1. The summed E-state index contributed by atoms with van der Waals surface area (Å²) in [5.41, 5.74) is 0.157. The molecule has 0 saturated carbocycles. The molecule has 1 heterocycles. The molecule has 1 aliphatic rings. The fourth-order valence-corrected chi connectivity index (χ4v) is 2.95. The van der Waals surface area contributed by atoms with E-state index in [0.29, 0.717) is 9.61 Å². The van der Waals surface area contributed by atoms with Gasteiger partial charge in [0.25, 0.3) is 5.91 Å². The maximum atomic E-state index is 13.7. The Morgan fingerprint density at radius 3 is 3.00 bits per heavy atom. The molecular weight excluding hydrogens is 346 g/mol. The molecule has 0 aliphatic carbocycles. The first-order valence-electron chi connectivity index (χ1n) is 6.06. The molecule has 0 aromatic heterocycles. The maximum Gasteiger partial charge on any atom is 0.255 e. The van der Waals surface area contributed by atoms with E-state index in [4.69, 9.17) is 0 Å². The minimum absolute atomic E-state index is 0.129. The lowest BCUT2D eigenvalue weighted by Crippen LogP contribution is -2.46. The van der Waals surface area contributed by atoms with Crippen LogP contribution in [0.3, 0.4) is 0 Å². The van der Waals surface area contributed by atoms with Crippen molar-refractivity contribution < 1.29 is 9.18 Å². The topological polar surface area (TPSA) is 41.1 Å². The Bertz CT molecular complexity index is 432. The van der Waals surface area contributed by atoms with Crippen LogP contribution in [0.1, 0.15) is 30.1 Å². The van der Waals surface area contributed by atoms with Crippen LogP contribution in [0.5, 0.6) is 0 Å². The van der Waals surface area contributed by atoms with Crippen molar-refractivity contribution in [1.82, 2.24) is 10.6 Å². The quantitative estimate of drug-likeness (QED) is 0.793. The van der Waals surface area contributed by atoms with E-state index >= 15 is 0 Å². The van der Waals surface area contributed by atoms with Crippen molar-refractivity contribution in [3.63, 3.8) is 0 Å². The zero-order valence-electron chi connectivity index (χ0n) is 10.2. The van der Waals surface area contributed by atoms with Crippen molar-refractivity contribution in [1.29, 1.82) is 0 Å². The smallest absolute Gasteiger partial charge is 0.255 e. The summed E-state index contributed by atoms with van der Waals surface area (Å²) in [7, 11) is 0. The minimum atomic E-state index is -0.457. The average molecular weight is 362 g/mol. The Hall–Kier alpha value is -0.690. The second-order valence-corrected chi connectivity index (χ2v) is 5.81. The molecule has 5 heteroatoms. The summed E-state index contributed by atoms with van der Waals surface area (Å²) in [6.07, 6.45) is 1.78. The molecule has 3 nitrogen and oxygen atoms in total. The van der Waals surface area contributed by atoms with E-state index < -0.39 is 5.82 Å². The van der Waals surface area contributed by atoms with Gasteiger partial charge in [0, 0.05) is 15.7 Å². The summed E-state index contributed by atoms with van der Waals surface area (Å²) in [5, 5.41) is 6.24. The molecule has 1 aromatic carbocycles. The summed E-state index contributed by atoms with van der Waals surface area (Å²) in [6.45, 7) is 2.98. The highest BCUT2D eigenvalue weighted by atomic mass is 127. The number of hydrogen-bond donors (Lipinski definition) is 2. The van der Waals surface area contributed by atoms with Gasteiger partial charge in [-0.2, -0.15) is 0 Å². The van der Waals surface area contributed by atoms with Crippen LogP contribution in [0.4, 0.5) is 4.39 Å². The van der Waals surface area contributed by atoms with Crippen molar-refractivity contribution in [2.45, 2.75) is 31.8 Å². The molecule has 1 saturated heterocycles. The standard InChI is InChI=1S/C13H16FIN2O/c1-8-7-9(5-6-16-8)17-13(18)12-10(14)3-2-4-11(12)15/h2-4,8-9,16H,5-7H2,1H3,(H,17,18). The van der Waals surface area contributed by atoms with E-state index in [2.05, 4.69) is 17.6 Å². The number of nitrogens with one attached hydrogen (secondary N) is 2. The average Bonchev–Trinajstić information content (AvgIpc) is 2.28. The van der Waals surface area contributed by atoms with Crippen molar-refractivity contribution in [2.24, 2.45) is 0 Å². The molecule has 1 fully saturated rings. The van der Waals surface area contributed by atoms with E-state index in [1.54, 1.807) is 12.1 Å². The van der Waals surface area contributed by atoms with Crippen LogP contribution in [0.2, 0.25) is 0 Å². The minimum Gasteiger partial charge on any atom is -0.349 e. The number of amides is 1.